The Kier molecular flexibility index (Phi) is 4.11. The lowest BCUT2D eigenvalue weighted by Gasteiger charge is -2.12. The van der Waals surface area contributed by atoms with E-state index in [1.54, 1.807) is 14.2 Å². The molecule has 0 aliphatic carbocycles. The number of aromatic amines is 1. The summed E-state index contributed by atoms with van der Waals surface area (Å²) in [6.07, 6.45) is 0. The van der Waals surface area contributed by atoms with Gasteiger partial charge in [0.25, 0.3) is 5.56 Å². The van der Waals surface area contributed by atoms with Crippen molar-refractivity contribution in [2.24, 2.45) is 14.1 Å². The molecule has 156 valence electrons. The summed E-state index contributed by atoms with van der Waals surface area (Å²) in [5, 5.41) is 3.23. The van der Waals surface area contributed by atoms with Gasteiger partial charge in [0.1, 0.15) is 11.4 Å². The lowest BCUT2D eigenvalue weighted by Crippen LogP contribution is -2.37. The summed E-state index contributed by atoms with van der Waals surface area (Å²) in [5.74, 6) is -0.214. The minimum Gasteiger partial charge on any atom is -0.497 e. The SMILES string of the molecule is COc1ccc(-c2[nH]c3c(c2[C@@H]2C(=O)Nc4ccccc42)c(=O)n(C)c(=O)n3C)cc1. The van der Waals surface area contributed by atoms with Gasteiger partial charge < -0.3 is 15.0 Å². The number of hydrogen-bond donors (Lipinski definition) is 2. The highest BCUT2D eigenvalue weighted by atomic mass is 16.5. The maximum Gasteiger partial charge on any atom is 0.332 e. The van der Waals surface area contributed by atoms with Crippen LogP contribution in [-0.2, 0) is 18.9 Å². The van der Waals surface area contributed by atoms with Crippen molar-refractivity contribution in [3.8, 4) is 17.0 Å². The molecule has 0 radical (unpaired) electrons. The molecular formula is C23H20N4O4. The van der Waals surface area contributed by atoms with E-state index in [1.807, 2.05) is 48.5 Å². The molecule has 1 aliphatic heterocycles. The Morgan fingerprint density at radius 3 is 2.35 bits per heavy atom. The molecule has 2 aromatic heterocycles. The van der Waals surface area contributed by atoms with Crippen molar-refractivity contribution in [1.82, 2.24) is 14.1 Å². The van der Waals surface area contributed by atoms with Crippen molar-refractivity contribution in [1.29, 1.82) is 0 Å². The number of aryl methyl sites for hydroxylation is 1. The van der Waals surface area contributed by atoms with Gasteiger partial charge in [-0.3, -0.25) is 18.7 Å². The predicted octanol–water partition coefficient (Wildman–Crippen LogP) is 2.32. The molecular weight excluding hydrogens is 396 g/mol. The zero-order valence-corrected chi connectivity index (χ0v) is 17.2. The molecule has 0 saturated carbocycles. The number of nitrogens with one attached hydrogen (secondary N) is 2. The van der Waals surface area contributed by atoms with Crippen molar-refractivity contribution in [3.05, 3.63) is 80.5 Å². The molecule has 0 bridgehead atoms. The minimum atomic E-state index is -0.688. The number of H-pyrrole nitrogens is 1. The van der Waals surface area contributed by atoms with Crippen LogP contribution >= 0.6 is 0 Å². The van der Waals surface area contributed by atoms with Crippen molar-refractivity contribution >= 4 is 22.6 Å². The van der Waals surface area contributed by atoms with Crippen LogP contribution in [-0.4, -0.2) is 27.1 Å². The maximum atomic E-state index is 13.2. The third-order valence-electron chi connectivity index (χ3n) is 5.91. The number of methoxy groups -OCH3 is 1. The highest BCUT2D eigenvalue weighted by Crippen LogP contribution is 2.43. The van der Waals surface area contributed by atoms with Crippen molar-refractivity contribution in [2.45, 2.75) is 5.92 Å². The zero-order chi connectivity index (χ0) is 21.9. The number of anilines is 1. The van der Waals surface area contributed by atoms with Gasteiger partial charge in [-0.2, -0.15) is 0 Å². The van der Waals surface area contributed by atoms with Crippen LogP contribution in [0.2, 0.25) is 0 Å². The number of benzene rings is 2. The Hall–Kier alpha value is -4.07. The molecule has 5 rings (SSSR count). The van der Waals surface area contributed by atoms with Gasteiger partial charge in [-0.25, -0.2) is 4.79 Å². The monoisotopic (exact) mass is 416 g/mol. The smallest absolute Gasteiger partial charge is 0.332 e. The zero-order valence-electron chi connectivity index (χ0n) is 17.2. The number of carbonyl (C=O) groups excluding carboxylic acids is 1. The Balaban J connectivity index is 1.91. The number of ether oxygens (including phenoxy) is 1. The number of rotatable bonds is 3. The fourth-order valence-corrected chi connectivity index (χ4v) is 4.31. The van der Waals surface area contributed by atoms with Crippen LogP contribution in [0.3, 0.4) is 0 Å². The van der Waals surface area contributed by atoms with Gasteiger partial charge in [0.05, 0.1) is 24.1 Å². The molecule has 8 heteroatoms. The first kappa shape index (κ1) is 18.9. The first-order valence-corrected chi connectivity index (χ1v) is 9.78. The van der Waals surface area contributed by atoms with Crippen LogP contribution in [0.25, 0.3) is 22.3 Å². The first-order valence-electron chi connectivity index (χ1n) is 9.78. The number of aromatic nitrogens is 3. The fourth-order valence-electron chi connectivity index (χ4n) is 4.31. The van der Waals surface area contributed by atoms with E-state index in [0.717, 1.165) is 15.7 Å². The molecule has 0 unspecified atom stereocenters. The van der Waals surface area contributed by atoms with E-state index in [0.29, 0.717) is 33.7 Å². The van der Waals surface area contributed by atoms with Crippen LogP contribution in [0.15, 0.2) is 58.1 Å². The molecule has 1 atom stereocenters. The van der Waals surface area contributed by atoms with E-state index in [4.69, 9.17) is 4.74 Å². The van der Waals surface area contributed by atoms with Crippen LogP contribution in [0.5, 0.6) is 5.75 Å². The summed E-state index contributed by atoms with van der Waals surface area (Å²) >= 11 is 0. The lowest BCUT2D eigenvalue weighted by atomic mass is 9.89. The third-order valence-corrected chi connectivity index (χ3v) is 5.91. The average molecular weight is 416 g/mol. The molecule has 3 heterocycles. The third kappa shape index (κ3) is 2.64. The minimum absolute atomic E-state index is 0.215. The molecule has 2 aromatic carbocycles. The second kappa shape index (κ2) is 6.73. The first-order chi connectivity index (χ1) is 14.9. The van der Waals surface area contributed by atoms with Crippen molar-refractivity contribution < 1.29 is 9.53 Å². The molecule has 0 saturated heterocycles. The Labute approximate surface area is 176 Å². The van der Waals surface area contributed by atoms with E-state index in [1.165, 1.54) is 11.6 Å². The number of amides is 1. The van der Waals surface area contributed by atoms with E-state index >= 15 is 0 Å². The average Bonchev–Trinajstić information content (AvgIpc) is 3.33. The van der Waals surface area contributed by atoms with E-state index in [2.05, 4.69) is 10.3 Å². The number of nitrogens with zero attached hydrogens (tertiary/aromatic N) is 2. The summed E-state index contributed by atoms with van der Waals surface area (Å²) in [7, 11) is 4.63. The largest absolute Gasteiger partial charge is 0.497 e. The molecule has 0 spiro atoms. The summed E-state index contributed by atoms with van der Waals surface area (Å²) in [5.41, 5.74) is 2.95. The van der Waals surface area contributed by atoms with Gasteiger partial charge in [-0.15, -0.1) is 0 Å². The topological polar surface area (TPSA) is 98.1 Å². The quantitative estimate of drug-likeness (QED) is 0.536. The summed E-state index contributed by atoms with van der Waals surface area (Å²) in [4.78, 5) is 42.1. The van der Waals surface area contributed by atoms with Crippen molar-refractivity contribution in [3.63, 3.8) is 0 Å². The normalized spacial score (nSPS) is 15.2. The summed E-state index contributed by atoms with van der Waals surface area (Å²) in [6.45, 7) is 0. The highest BCUT2D eigenvalue weighted by molar-refractivity contribution is 6.08. The molecule has 1 amide bonds. The van der Waals surface area contributed by atoms with E-state index in [-0.39, 0.29) is 5.91 Å². The Morgan fingerprint density at radius 1 is 0.935 bits per heavy atom. The van der Waals surface area contributed by atoms with Gasteiger partial charge in [-0.05, 0) is 41.5 Å². The fraction of sp³-hybridized carbons (Fsp3) is 0.174. The molecule has 4 aromatic rings. The van der Waals surface area contributed by atoms with Gasteiger partial charge in [0.15, 0.2) is 0 Å². The molecule has 1 aliphatic rings. The second-order valence-electron chi connectivity index (χ2n) is 7.58. The van der Waals surface area contributed by atoms with Crippen LogP contribution < -0.4 is 21.3 Å². The van der Waals surface area contributed by atoms with Crippen LogP contribution in [0.4, 0.5) is 5.69 Å². The number of para-hydroxylation sites is 1. The van der Waals surface area contributed by atoms with Crippen LogP contribution in [0.1, 0.15) is 17.0 Å². The number of hydrogen-bond acceptors (Lipinski definition) is 4. The molecule has 31 heavy (non-hydrogen) atoms. The summed E-state index contributed by atoms with van der Waals surface area (Å²) < 4.78 is 7.71. The lowest BCUT2D eigenvalue weighted by molar-refractivity contribution is -0.116. The van der Waals surface area contributed by atoms with Crippen LogP contribution in [0, 0.1) is 0 Å². The van der Waals surface area contributed by atoms with Gasteiger partial charge in [0, 0.05) is 25.3 Å². The van der Waals surface area contributed by atoms with Crippen molar-refractivity contribution in [2.75, 3.05) is 12.4 Å². The summed E-state index contributed by atoms with van der Waals surface area (Å²) in [6, 6.07) is 14.8. The molecule has 2 N–H and O–H groups in total. The van der Waals surface area contributed by atoms with Gasteiger partial charge >= 0.3 is 5.69 Å². The predicted molar refractivity (Wildman–Crippen MR) is 118 cm³/mol. The van der Waals surface area contributed by atoms with E-state index < -0.39 is 17.2 Å². The molecule has 8 nitrogen and oxygen atoms in total. The highest BCUT2D eigenvalue weighted by Gasteiger charge is 2.37. The van der Waals surface area contributed by atoms with E-state index in [9.17, 15) is 14.4 Å². The standard InChI is InChI=1S/C23H20N4O4/c1-26-20-18(22(29)27(2)23(26)30)17(16-14-6-4-5-7-15(14)24-21(16)28)19(25-20)12-8-10-13(31-3)11-9-12/h4-11,16,25H,1-3H3,(H,24,28)/t16-/m1/s1. The van der Waals surface area contributed by atoms with Gasteiger partial charge in [-0.1, -0.05) is 18.2 Å². The Bertz CT molecular complexity index is 1470. The molecule has 0 fully saturated rings. The number of carbonyl (C=O) groups is 1. The second-order valence-corrected chi connectivity index (χ2v) is 7.58. The Morgan fingerprint density at radius 2 is 1.65 bits per heavy atom. The number of fused-ring (bicyclic) bond motifs is 2. The maximum absolute atomic E-state index is 13.2. The van der Waals surface area contributed by atoms with Gasteiger partial charge in [0.2, 0.25) is 5.91 Å².